The number of thioether (sulfide) groups is 1. The first-order chi connectivity index (χ1) is 11.9. The standard InChI is InChI=1S/C16H15F2N5OS/c1-8-11(9(2)23-15(19-8)21-16(22-23)25-3)7-14(24)20-13-6-10(17)4-5-12(13)18/h4-6H,7H2,1-3H3,(H,20,24). The molecular formula is C16H15F2N5OS. The number of nitrogens with zero attached hydrogens (tertiary/aromatic N) is 4. The fraction of sp³-hybridized carbons (Fsp3) is 0.250. The first-order valence-electron chi connectivity index (χ1n) is 7.40. The molecule has 0 aliphatic heterocycles. The zero-order chi connectivity index (χ0) is 18.1. The number of nitrogens with one attached hydrogen (secondary N) is 1. The molecular weight excluding hydrogens is 348 g/mol. The van der Waals surface area contributed by atoms with Crippen LogP contribution >= 0.6 is 11.8 Å². The Morgan fingerprint density at radius 2 is 2.04 bits per heavy atom. The van der Waals surface area contributed by atoms with Gasteiger partial charge in [0, 0.05) is 23.0 Å². The normalized spacial score (nSPS) is 11.1. The fourth-order valence-electron chi connectivity index (χ4n) is 2.48. The summed E-state index contributed by atoms with van der Waals surface area (Å²) in [5.74, 6) is -1.33. The third-order valence-corrected chi connectivity index (χ3v) is 4.29. The SMILES string of the molecule is CSc1nc2nc(C)c(CC(=O)Nc3cc(F)ccc3F)c(C)n2n1. The van der Waals surface area contributed by atoms with Crippen molar-refractivity contribution in [3.8, 4) is 0 Å². The molecule has 1 N–H and O–H groups in total. The second kappa shape index (κ2) is 6.75. The number of carbonyl (C=O) groups is 1. The third-order valence-electron chi connectivity index (χ3n) is 3.75. The van der Waals surface area contributed by atoms with Crippen molar-refractivity contribution in [1.29, 1.82) is 0 Å². The second-order valence-electron chi connectivity index (χ2n) is 5.42. The van der Waals surface area contributed by atoms with Crippen LogP contribution in [-0.2, 0) is 11.2 Å². The molecule has 1 aromatic carbocycles. The highest BCUT2D eigenvalue weighted by atomic mass is 32.2. The van der Waals surface area contributed by atoms with E-state index in [9.17, 15) is 13.6 Å². The average molecular weight is 363 g/mol. The molecule has 0 aliphatic rings. The number of amides is 1. The smallest absolute Gasteiger partial charge is 0.253 e. The summed E-state index contributed by atoms with van der Waals surface area (Å²) in [5.41, 5.74) is 1.84. The summed E-state index contributed by atoms with van der Waals surface area (Å²) in [6.45, 7) is 3.58. The van der Waals surface area contributed by atoms with Crippen LogP contribution in [0.3, 0.4) is 0 Å². The van der Waals surface area contributed by atoms with E-state index in [-0.39, 0.29) is 12.1 Å². The summed E-state index contributed by atoms with van der Waals surface area (Å²) in [5, 5.41) is 7.28. The van der Waals surface area contributed by atoms with E-state index in [1.807, 2.05) is 13.2 Å². The van der Waals surface area contributed by atoms with Crippen LogP contribution in [0, 0.1) is 25.5 Å². The van der Waals surface area contributed by atoms with Crippen LogP contribution in [-0.4, -0.2) is 31.7 Å². The number of benzene rings is 1. The molecule has 2 heterocycles. The van der Waals surface area contributed by atoms with E-state index in [1.165, 1.54) is 11.8 Å². The summed E-state index contributed by atoms with van der Waals surface area (Å²) >= 11 is 1.39. The van der Waals surface area contributed by atoms with Gasteiger partial charge in [0.25, 0.3) is 5.78 Å². The maximum atomic E-state index is 13.7. The van der Waals surface area contributed by atoms with Crippen molar-refractivity contribution in [2.45, 2.75) is 25.4 Å². The van der Waals surface area contributed by atoms with Gasteiger partial charge in [-0.3, -0.25) is 4.79 Å². The molecule has 3 aromatic rings. The number of carbonyl (C=O) groups excluding carboxylic acids is 1. The Hall–Kier alpha value is -2.55. The molecule has 0 atom stereocenters. The van der Waals surface area contributed by atoms with Crippen LogP contribution < -0.4 is 5.32 Å². The number of aryl methyl sites for hydroxylation is 2. The van der Waals surface area contributed by atoms with E-state index in [0.717, 1.165) is 23.9 Å². The van der Waals surface area contributed by atoms with E-state index in [1.54, 1.807) is 11.4 Å². The van der Waals surface area contributed by atoms with Gasteiger partial charge >= 0.3 is 0 Å². The Labute approximate surface area is 146 Å². The molecule has 0 bridgehead atoms. The molecule has 3 rings (SSSR count). The molecule has 0 spiro atoms. The Morgan fingerprint density at radius 3 is 2.76 bits per heavy atom. The summed E-state index contributed by atoms with van der Waals surface area (Å²) in [6, 6.07) is 2.90. The number of anilines is 1. The van der Waals surface area contributed by atoms with Gasteiger partial charge in [-0.1, -0.05) is 11.8 Å². The number of aromatic nitrogens is 4. The maximum absolute atomic E-state index is 13.7. The van der Waals surface area contributed by atoms with Crippen molar-refractivity contribution in [2.24, 2.45) is 0 Å². The minimum absolute atomic E-state index is 0.0367. The number of hydrogen-bond acceptors (Lipinski definition) is 5. The molecule has 25 heavy (non-hydrogen) atoms. The third kappa shape index (κ3) is 3.46. The molecule has 0 radical (unpaired) electrons. The highest BCUT2D eigenvalue weighted by Crippen LogP contribution is 2.19. The van der Waals surface area contributed by atoms with Gasteiger partial charge in [0.05, 0.1) is 12.1 Å². The minimum Gasteiger partial charge on any atom is -0.323 e. The molecule has 130 valence electrons. The van der Waals surface area contributed by atoms with Crippen LogP contribution in [0.2, 0.25) is 0 Å². The zero-order valence-electron chi connectivity index (χ0n) is 13.8. The van der Waals surface area contributed by atoms with Gasteiger partial charge in [-0.2, -0.15) is 4.98 Å². The molecule has 0 saturated carbocycles. The van der Waals surface area contributed by atoms with Crippen molar-refractivity contribution in [3.05, 3.63) is 46.8 Å². The molecule has 1 amide bonds. The lowest BCUT2D eigenvalue weighted by atomic mass is 10.1. The van der Waals surface area contributed by atoms with E-state index in [0.29, 0.717) is 22.2 Å². The molecule has 6 nitrogen and oxygen atoms in total. The van der Waals surface area contributed by atoms with Crippen LogP contribution in [0.5, 0.6) is 0 Å². The van der Waals surface area contributed by atoms with Gasteiger partial charge < -0.3 is 5.32 Å². The average Bonchev–Trinajstić information content (AvgIpc) is 2.98. The zero-order valence-corrected chi connectivity index (χ0v) is 14.6. The lowest BCUT2D eigenvalue weighted by Gasteiger charge is -2.11. The monoisotopic (exact) mass is 363 g/mol. The van der Waals surface area contributed by atoms with Gasteiger partial charge in [0.1, 0.15) is 11.6 Å². The van der Waals surface area contributed by atoms with Gasteiger partial charge in [-0.25, -0.2) is 18.3 Å². The Bertz CT molecular complexity index is 973. The van der Waals surface area contributed by atoms with Crippen molar-refractivity contribution in [3.63, 3.8) is 0 Å². The minimum atomic E-state index is -0.697. The predicted octanol–water partition coefficient (Wildman–Crippen LogP) is 2.92. The lowest BCUT2D eigenvalue weighted by Crippen LogP contribution is -2.18. The van der Waals surface area contributed by atoms with Crippen LogP contribution in [0.25, 0.3) is 5.78 Å². The second-order valence-corrected chi connectivity index (χ2v) is 6.19. The summed E-state index contributed by atoms with van der Waals surface area (Å²) in [7, 11) is 0. The van der Waals surface area contributed by atoms with Crippen molar-refractivity contribution < 1.29 is 13.6 Å². The highest BCUT2D eigenvalue weighted by Gasteiger charge is 2.17. The Balaban J connectivity index is 1.89. The first-order valence-corrected chi connectivity index (χ1v) is 8.63. The largest absolute Gasteiger partial charge is 0.323 e. The molecule has 2 aromatic heterocycles. The maximum Gasteiger partial charge on any atom is 0.253 e. The Morgan fingerprint density at radius 1 is 1.28 bits per heavy atom. The van der Waals surface area contributed by atoms with E-state index in [2.05, 4.69) is 20.4 Å². The molecule has 0 aliphatic carbocycles. The predicted molar refractivity (Wildman–Crippen MR) is 90.7 cm³/mol. The molecule has 0 saturated heterocycles. The number of hydrogen-bond donors (Lipinski definition) is 1. The quantitative estimate of drug-likeness (QED) is 0.722. The summed E-state index contributed by atoms with van der Waals surface area (Å²) in [6.07, 6.45) is 1.82. The van der Waals surface area contributed by atoms with Crippen molar-refractivity contribution in [1.82, 2.24) is 19.6 Å². The van der Waals surface area contributed by atoms with Crippen LogP contribution in [0.1, 0.15) is 17.0 Å². The van der Waals surface area contributed by atoms with Gasteiger partial charge in [0.15, 0.2) is 0 Å². The van der Waals surface area contributed by atoms with E-state index in [4.69, 9.17) is 0 Å². The number of halogens is 2. The molecule has 0 fully saturated rings. The Kier molecular flexibility index (Phi) is 4.67. The summed E-state index contributed by atoms with van der Waals surface area (Å²) in [4.78, 5) is 20.9. The van der Waals surface area contributed by atoms with Gasteiger partial charge in [-0.05, 0) is 32.2 Å². The topological polar surface area (TPSA) is 72.2 Å². The number of rotatable bonds is 4. The lowest BCUT2D eigenvalue weighted by molar-refractivity contribution is -0.115. The van der Waals surface area contributed by atoms with E-state index < -0.39 is 17.5 Å². The van der Waals surface area contributed by atoms with Gasteiger partial charge in [-0.15, -0.1) is 5.10 Å². The molecule has 0 unspecified atom stereocenters. The first kappa shape index (κ1) is 17.3. The number of fused-ring (bicyclic) bond motifs is 1. The van der Waals surface area contributed by atoms with Crippen LogP contribution in [0.4, 0.5) is 14.5 Å². The fourth-order valence-corrected chi connectivity index (χ4v) is 2.82. The van der Waals surface area contributed by atoms with E-state index >= 15 is 0 Å². The van der Waals surface area contributed by atoms with Gasteiger partial charge in [0.2, 0.25) is 11.1 Å². The summed E-state index contributed by atoms with van der Waals surface area (Å²) < 4.78 is 28.4. The van der Waals surface area contributed by atoms with Crippen LogP contribution in [0.15, 0.2) is 23.4 Å². The molecule has 9 heteroatoms. The highest BCUT2D eigenvalue weighted by molar-refractivity contribution is 7.98. The van der Waals surface area contributed by atoms with Crippen molar-refractivity contribution >= 4 is 29.1 Å². The van der Waals surface area contributed by atoms with Crippen molar-refractivity contribution in [2.75, 3.05) is 11.6 Å².